The number of anilines is 1. The van der Waals surface area contributed by atoms with Gasteiger partial charge in [-0.3, -0.25) is 18.9 Å². The SMILES string of the molecule is Cc1cccn2c(=O)c(/C=C(\C#N)C(=O)NCc3ccco3)c(N3CCN(Cc4ccccc4)CC3)nc12. The molecule has 4 aromatic rings. The summed E-state index contributed by atoms with van der Waals surface area (Å²) in [5.74, 6) is 0.458. The lowest BCUT2D eigenvalue weighted by Crippen LogP contribution is -2.47. The number of hydrogen-bond donors (Lipinski definition) is 1. The standard InChI is InChI=1S/C29H28N6O3/c1-21-7-5-11-35-26(21)32-27(34-14-12-33(13-15-34)20-22-8-3-2-4-9-22)25(29(35)37)17-23(18-30)28(36)31-19-24-10-6-16-38-24/h2-11,16-17H,12-15,19-20H2,1H3,(H,31,36)/b23-17+. The molecule has 1 aliphatic rings. The Hall–Kier alpha value is -4.68. The highest BCUT2D eigenvalue weighted by molar-refractivity contribution is 6.02. The first-order valence-electron chi connectivity index (χ1n) is 12.5. The van der Waals surface area contributed by atoms with Crippen LogP contribution in [0.4, 0.5) is 5.82 Å². The fourth-order valence-electron chi connectivity index (χ4n) is 4.60. The van der Waals surface area contributed by atoms with E-state index in [-0.39, 0.29) is 23.2 Å². The lowest BCUT2D eigenvalue weighted by Gasteiger charge is -2.36. The molecule has 0 radical (unpaired) electrons. The predicted molar refractivity (Wildman–Crippen MR) is 144 cm³/mol. The molecular weight excluding hydrogens is 480 g/mol. The topological polar surface area (TPSA) is 107 Å². The summed E-state index contributed by atoms with van der Waals surface area (Å²) in [6.45, 7) is 5.80. The molecule has 0 unspecified atom stereocenters. The number of pyridine rings is 1. The molecule has 0 atom stereocenters. The number of aromatic nitrogens is 2. The third-order valence-electron chi connectivity index (χ3n) is 6.64. The van der Waals surface area contributed by atoms with Crippen molar-refractivity contribution in [1.29, 1.82) is 5.26 Å². The number of nitriles is 1. The van der Waals surface area contributed by atoms with E-state index in [1.807, 2.05) is 37.3 Å². The van der Waals surface area contributed by atoms with Crippen LogP contribution in [0.1, 0.15) is 22.5 Å². The number of furan rings is 1. The summed E-state index contributed by atoms with van der Waals surface area (Å²) in [7, 11) is 0. The van der Waals surface area contributed by atoms with Gasteiger partial charge in [-0.2, -0.15) is 5.26 Å². The second-order valence-electron chi connectivity index (χ2n) is 9.22. The van der Waals surface area contributed by atoms with Crippen molar-refractivity contribution in [3.8, 4) is 6.07 Å². The number of fused-ring (bicyclic) bond motifs is 1. The highest BCUT2D eigenvalue weighted by Gasteiger charge is 2.24. The fourth-order valence-corrected chi connectivity index (χ4v) is 4.60. The van der Waals surface area contributed by atoms with E-state index in [4.69, 9.17) is 9.40 Å². The van der Waals surface area contributed by atoms with Gasteiger partial charge < -0.3 is 14.6 Å². The summed E-state index contributed by atoms with van der Waals surface area (Å²) in [5.41, 5.74) is 2.38. The second-order valence-corrected chi connectivity index (χ2v) is 9.22. The molecule has 0 aliphatic carbocycles. The molecule has 0 saturated carbocycles. The smallest absolute Gasteiger partial charge is 0.267 e. The Kier molecular flexibility index (Phi) is 7.33. The Morgan fingerprint density at radius 2 is 1.89 bits per heavy atom. The van der Waals surface area contributed by atoms with E-state index in [2.05, 4.69) is 27.2 Å². The molecule has 192 valence electrons. The van der Waals surface area contributed by atoms with Crippen LogP contribution in [0.25, 0.3) is 11.7 Å². The molecular formula is C29H28N6O3. The highest BCUT2D eigenvalue weighted by atomic mass is 16.3. The summed E-state index contributed by atoms with van der Waals surface area (Å²) in [4.78, 5) is 35.8. The number of carbonyl (C=O) groups excluding carboxylic acids is 1. The van der Waals surface area contributed by atoms with Crippen LogP contribution < -0.4 is 15.8 Å². The van der Waals surface area contributed by atoms with Crippen molar-refractivity contribution in [2.24, 2.45) is 0 Å². The number of benzene rings is 1. The van der Waals surface area contributed by atoms with Crippen molar-refractivity contribution < 1.29 is 9.21 Å². The number of nitrogens with one attached hydrogen (secondary N) is 1. The quantitative estimate of drug-likeness (QED) is 0.302. The van der Waals surface area contributed by atoms with Gasteiger partial charge in [0.2, 0.25) is 0 Å². The highest BCUT2D eigenvalue weighted by Crippen LogP contribution is 2.22. The number of piperazine rings is 1. The van der Waals surface area contributed by atoms with Crippen LogP contribution in [0, 0.1) is 18.3 Å². The minimum Gasteiger partial charge on any atom is -0.467 e. The lowest BCUT2D eigenvalue weighted by molar-refractivity contribution is -0.117. The number of carbonyl (C=O) groups is 1. The first kappa shape index (κ1) is 25.0. The summed E-state index contributed by atoms with van der Waals surface area (Å²) in [6.07, 6.45) is 4.52. The Labute approximate surface area is 220 Å². The number of aryl methyl sites for hydroxylation is 1. The zero-order valence-electron chi connectivity index (χ0n) is 21.1. The first-order chi connectivity index (χ1) is 18.5. The largest absolute Gasteiger partial charge is 0.467 e. The van der Waals surface area contributed by atoms with E-state index in [1.165, 1.54) is 22.3 Å². The van der Waals surface area contributed by atoms with Crippen molar-refractivity contribution in [2.75, 3.05) is 31.1 Å². The summed E-state index contributed by atoms with van der Waals surface area (Å²) >= 11 is 0. The maximum Gasteiger partial charge on any atom is 0.267 e. The van der Waals surface area contributed by atoms with E-state index in [0.717, 1.165) is 25.2 Å². The van der Waals surface area contributed by atoms with E-state index < -0.39 is 5.91 Å². The molecule has 1 saturated heterocycles. The fraction of sp³-hybridized carbons (Fsp3) is 0.241. The number of hydrogen-bond acceptors (Lipinski definition) is 7. The molecule has 1 N–H and O–H groups in total. The second kappa shape index (κ2) is 11.2. The molecule has 0 bridgehead atoms. The van der Waals surface area contributed by atoms with Gasteiger partial charge in [0, 0.05) is 38.9 Å². The molecule has 4 heterocycles. The van der Waals surface area contributed by atoms with Crippen molar-refractivity contribution in [2.45, 2.75) is 20.0 Å². The Bertz CT molecular complexity index is 1560. The maximum absolute atomic E-state index is 13.7. The minimum absolute atomic E-state index is 0.134. The third kappa shape index (κ3) is 5.36. The number of nitrogens with zero attached hydrogens (tertiary/aromatic N) is 5. The van der Waals surface area contributed by atoms with Crippen LogP contribution in [-0.4, -0.2) is 46.4 Å². The molecule has 3 aromatic heterocycles. The van der Waals surface area contributed by atoms with Crippen LogP contribution >= 0.6 is 0 Å². The Balaban J connectivity index is 1.46. The number of rotatable bonds is 7. The first-order valence-corrected chi connectivity index (χ1v) is 12.5. The molecule has 1 fully saturated rings. The number of amides is 1. The van der Waals surface area contributed by atoms with Gasteiger partial charge in [0.05, 0.1) is 18.4 Å². The molecule has 38 heavy (non-hydrogen) atoms. The van der Waals surface area contributed by atoms with E-state index >= 15 is 0 Å². The monoisotopic (exact) mass is 508 g/mol. The molecule has 9 nitrogen and oxygen atoms in total. The van der Waals surface area contributed by atoms with Gasteiger partial charge in [0.1, 0.15) is 28.9 Å². The van der Waals surface area contributed by atoms with Crippen molar-refractivity contribution in [1.82, 2.24) is 19.6 Å². The molecule has 0 spiro atoms. The summed E-state index contributed by atoms with van der Waals surface area (Å²) in [6, 6.07) is 19.4. The normalized spacial score (nSPS) is 14.4. The van der Waals surface area contributed by atoms with Gasteiger partial charge >= 0.3 is 0 Å². The van der Waals surface area contributed by atoms with Crippen molar-refractivity contribution >= 4 is 23.4 Å². The minimum atomic E-state index is -0.587. The third-order valence-corrected chi connectivity index (χ3v) is 6.64. The van der Waals surface area contributed by atoms with Gasteiger partial charge in [0.25, 0.3) is 11.5 Å². The van der Waals surface area contributed by atoms with Gasteiger partial charge in [-0.25, -0.2) is 4.98 Å². The zero-order chi connectivity index (χ0) is 26.5. The van der Waals surface area contributed by atoms with E-state index in [0.29, 0.717) is 30.3 Å². The molecule has 1 aliphatic heterocycles. The van der Waals surface area contributed by atoms with Crippen LogP contribution in [0.15, 0.2) is 81.8 Å². The Morgan fingerprint density at radius 3 is 2.61 bits per heavy atom. The molecule has 1 amide bonds. The zero-order valence-corrected chi connectivity index (χ0v) is 21.1. The van der Waals surface area contributed by atoms with Crippen molar-refractivity contribution in [3.05, 3.63) is 105 Å². The maximum atomic E-state index is 13.7. The van der Waals surface area contributed by atoms with E-state index in [1.54, 1.807) is 24.4 Å². The van der Waals surface area contributed by atoms with Gasteiger partial charge in [-0.1, -0.05) is 36.4 Å². The van der Waals surface area contributed by atoms with Crippen LogP contribution in [-0.2, 0) is 17.9 Å². The summed E-state index contributed by atoms with van der Waals surface area (Å²) < 4.78 is 6.71. The Morgan fingerprint density at radius 1 is 1.11 bits per heavy atom. The van der Waals surface area contributed by atoms with Crippen molar-refractivity contribution in [3.63, 3.8) is 0 Å². The van der Waals surface area contributed by atoms with Crippen LogP contribution in [0.5, 0.6) is 0 Å². The lowest BCUT2D eigenvalue weighted by atomic mass is 10.1. The van der Waals surface area contributed by atoms with E-state index in [9.17, 15) is 14.9 Å². The average molecular weight is 509 g/mol. The van der Waals surface area contributed by atoms with Gasteiger partial charge in [0.15, 0.2) is 0 Å². The molecule has 9 heteroatoms. The van der Waals surface area contributed by atoms with Crippen LogP contribution in [0.3, 0.4) is 0 Å². The van der Waals surface area contributed by atoms with Gasteiger partial charge in [-0.05, 0) is 42.3 Å². The summed E-state index contributed by atoms with van der Waals surface area (Å²) in [5, 5.41) is 12.5. The predicted octanol–water partition coefficient (Wildman–Crippen LogP) is 3.14. The van der Waals surface area contributed by atoms with Gasteiger partial charge in [-0.15, -0.1) is 0 Å². The molecule has 1 aromatic carbocycles. The van der Waals surface area contributed by atoms with Crippen LogP contribution in [0.2, 0.25) is 0 Å². The average Bonchev–Trinajstić information content (AvgIpc) is 3.47. The molecule has 5 rings (SSSR count).